The monoisotopic (exact) mass is 429 g/mol. The molecule has 0 unspecified atom stereocenters. The number of carboxylic acids is 1. The lowest BCUT2D eigenvalue weighted by atomic mass is 10.1. The second-order valence-corrected chi connectivity index (χ2v) is 13.3. The van der Waals surface area contributed by atoms with Crippen LogP contribution in [-0.4, -0.2) is 36.7 Å². The summed E-state index contributed by atoms with van der Waals surface area (Å²) in [6.07, 6.45) is -3.64. The average Bonchev–Trinajstić information content (AvgIpc) is 2.58. The van der Waals surface area contributed by atoms with E-state index in [0.29, 0.717) is 6.61 Å². The predicted molar refractivity (Wildman–Crippen MR) is 104 cm³/mol. The topological polar surface area (TPSA) is 77.8 Å². The zero-order chi connectivity index (χ0) is 21.8. The number of pyridine rings is 1. The number of rotatable bonds is 8. The number of hydrogen-bond acceptors (Lipinski definition) is 4. The summed E-state index contributed by atoms with van der Waals surface area (Å²) in [5.74, 6) is -1.68. The van der Waals surface area contributed by atoms with Crippen LogP contribution in [0.5, 0.6) is 5.75 Å². The summed E-state index contributed by atoms with van der Waals surface area (Å²) in [6, 6.07) is 6.71. The zero-order valence-corrected chi connectivity index (χ0v) is 17.2. The van der Waals surface area contributed by atoms with E-state index in [1.165, 1.54) is 24.4 Å². The van der Waals surface area contributed by atoms with Gasteiger partial charge in [0.15, 0.2) is 0 Å². The highest BCUT2D eigenvalue weighted by Crippen LogP contribution is 2.25. The highest BCUT2D eigenvalue weighted by atomic mass is 28.3. The molecule has 10 heteroatoms. The van der Waals surface area contributed by atoms with E-state index in [4.69, 9.17) is 4.74 Å². The van der Waals surface area contributed by atoms with Crippen LogP contribution in [0.1, 0.15) is 10.4 Å². The Hall–Kier alpha value is -2.59. The van der Waals surface area contributed by atoms with Gasteiger partial charge in [0.2, 0.25) is 0 Å². The van der Waals surface area contributed by atoms with Crippen molar-refractivity contribution in [3.63, 3.8) is 0 Å². The van der Waals surface area contributed by atoms with Crippen molar-refractivity contribution in [2.45, 2.75) is 38.8 Å². The Labute approximate surface area is 166 Å². The number of carboxylic acid groups (broad SMARTS) is 1. The molecule has 0 aliphatic carbocycles. The maximum absolute atomic E-state index is 12.7. The van der Waals surface area contributed by atoms with Crippen LogP contribution in [-0.2, 0) is 11.5 Å². The third-order valence-corrected chi connectivity index (χ3v) is 5.66. The summed E-state index contributed by atoms with van der Waals surface area (Å²) in [5, 5.41) is 9.33. The number of aromatic nitrogens is 1. The van der Waals surface area contributed by atoms with Gasteiger partial charge in [0.05, 0.1) is 5.56 Å². The number of hydrogen-bond donors (Lipinski definition) is 1. The molecule has 0 bridgehead atoms. The van der Waals surface area contributed by atoms with Crippen molar-refractivity contribution in [1.82, 2.24) is 4.57 Å². The molecule has 0 amide bonds. The van der Waals surface area contributed by atoms with E-state index in [-0.39, 0.29) is 23.4 Å². The number of benzene rings is 1. The molecule has 0 aliphatic rings. The maximum atomic E-state index is 12.7. The molecule has 0 atom stereocenters. The predicted octanol–water partition coefficient (Wildman–Crippen LogP) is 4.42. The third-order valence-electron chi connectivity index (χ3n) is 3.96. The molecule has 6 nitrogen and oxygen atoms in total. The van der Waals surface area contributed by atoms with Gasteiger partial charge in [-0.25, -0.2) is 4.79 Å². The minimum Gasteiger partial charge on any atom is -0.478 e. The lowest BCUT2D eigenvalue weighted by Gasteiger charge is -2.16. The van der Waals surface area contributed by atoms with Gasteiger partial charge in [0, 0.05) is 26.4 Å². The van der Waals surface area contributed by atoms with Crippen molar-refractivity contribution in [2.24, 2.45) is 0 Å². The van der Waals surface area contributed by atoms with Crippen molar-refractivity contribution in [3.05, 3.63) is 52.4 Å². The van der Waals surface area contributed by atoms with E-state index in [0.717, 1.165) is 22.7 Å². The van der Waals surface area contributed by atoms with Crippen molar-refractivity contribution >= 4 is 14.0 Å². The summed E-state index contributed by atoms with van der Waals surface area (Å²) in [7, 11) is -1.32. The van der Waals surface area contributed by atoms with E-state index in [2.05, 4.69) is 24.4 Å². The minimum atomic E-state index is -4.83. The number of carbonyl (C=O) groups is 1. The highest BCUT2D eigenvalue weighted by molar-refractivity contribution is 6.76. The quantitative estimate of drug-likeness (QED) is 0.496. The first-order chi connectivity index (χ1) is 13.4. The van der Waals surface area contributed by atoms with Crippen molar-refractivity contribution in [2.75, 3.05) is 6.61 Å². The summed E-state index contributed by atoms with van der Waals surface area (Å²) < 4.78 is 47.4. The van der Waals surface area contributed by atoms with Crippen LogP contribution < -0.4 is 10.3 Å². The van der Waals surface area contributed by atoms with Crippen LogP contribution in [0.3, 0.4) is 0 Å². The average molecular weight is 429 g/mol. The Balaban J connectivity index is 2.30. The van der Waals surface area contributed by atoms with Crippen LogP contribution in [0.25, 0.3) is 11.1 Å². The molecular weight excluding hydrogens is 407 g/mol. The molecular formula is C19H22F3NO5Si. The molecule has 0 aliphatic heterocycles. The second-order valence-electron chi connectivity index (χ2n) is 7.64. The number of alkyl halides is 3. The molecule has 0 radical (unpaired) electrons. The third kappa shape index (κ3) is 7.06. The van der Waals surface area contributed by atoms with Gasteiger partial charge in [-0.05, 0) is 29.8 Å². The SMILES string of the molecule is C[Si](C)(C)CCOCn1cc(C(=O)O)cc(-c2ccc(OC(F)(F)F)cc2)c1=O. The molecule has 2 aromatic rings. The Morgan fingerprint density at radius 1 is 1.17 bits per heavy atom. The fourth-order valence-electron chi connectivity index (χ4n) is 2.43. The molecule has 0 saturated carbocycles. The molecule has 1 aromatic heterocycles. The van der Waals surface area contributed by atoms with Crippen LogP contribution in [0.15, 0.2) is 41.3 Å². The summed E-state index contributed by atoms with van der Waals surface area (Å²) in [6.45, 7) is 6.86. The van der Waals surface area contributed by atoms with Crippen LogP contribution in [0.4, 0.5) is 13.2 Å². The van der Waals surface area contributed by atoms with Gasteiger partial charge >= 0.3 is 12.3 Å². The standard InChI is InChI=1S/C19H22F3NO5Si/c1-29(2,3)9-8-27-12-23-11-14(18(25)26)10-16(17(23)24)13-4-6-15(7-5-13)28-19(20,21)22/h4-7,10-11H,8-9,12H2,1-3H3,(H,25,26). The minimum absolute atomic E-state index is 0.0391. The van der Waals surface area contributed by atoms with Crippen LogP contribution in [0, 0.1) is 0 Å². The molecule has 0 spiro atoms. The fraction of sp³-hybridized carbons (Fsp3) is 0.368. The second kappa shape index (κ2) is 8.83. The number of nitrogens with zero attached hydrogens (tertiary/aromatic N) is 1. The van der Waals surface area contributed by atoms with E-state index in [9.17, 15) is 27.9 Å². The molecule has 29 heavy (non-hydrogen) atoms. The summed E-state index contributed by atoms with van der Waals surface area (Å²) in [5.41, 5.74) is -0.336. The Bertz CT molecular complexity index is 917. The number of aromatic carboxylic acids is 1. The van der Waals surface area contributed by atoms with Gasteiger partial charge in [-0.1, -0.05) is 31.8 Å². The molecule has 0 fully saturated rings. The first-order valence-corrected chi connectivity index (χ1v) is 12.5. The van der Waals surface area contributed by atoms with E-state index in [1.54, 1.807) is 0 Å². The lowest BCUT2D eigenvalue weighted by molar-refractivity contribution is -0.274. The highest BCUT2D eigenvalue weighted by Gasteiger charge is 2.31. The molecule has 2 rings (SSSR count). The molecule has 1 aromatic carbocycles. The molecule has 1 N–H and O–H groups in total. The Kier molecular flexibility index (Phi) is 6.91. The molecule has 1 heterocycles. The summed E-state index contributed by atoms with van der Waals surface area (Å²) >= 11 is 0. The maximum Gasteiger partial charge on any atom is 0.573 e. The van der Waals surface area contributed by atoms with Gasteiger partial charge in [0.1, 0.15) is 12.5 Å². The largest absolute Gasteiger partial charge is 0.573 e. The van der Waals surface area contributed by atoms with Gasteiger partial charge < -0.3 is 14.6 Å². The first-order valence-electron chi connectivity index (χ1n) is 8.77. The van der Waals surface area contributed by atoms with Crippen molar-refractivity contribution in [3.8, 4) is 16.9 Å². The Morgan fingerprint density at radius 2 is 1.79 bits per heavy atom. The number of ether oxygens (including phenoxy) is 2. The van der Waals surface area contributed by atoms with Crippen molar-refractivity contribution in [1.29, 1.82) is 0 Å². The lowest BCUT2D eigenvalue weighted by Crippen LogP contribution is -2.26. The van der Waals surface area contributed by atoms with Crippen molar-refractivity contribution < 1.29 is 32.5 Å². The van der Waals surface area contributed by atoms with E-state index < -0.39 is 31.7 Å². The normalized spacial score (nSPS) is 12.1. The van der Waals surface area contributed by atoms with E-state index >= 15 is 0 Å². The molecule has 0 saturated heterocycles. The Morgan fingerprint density at radius 3 is 2.31 bits per heavy atom. The van der Waals surface area contributed by atoms with E-state index in [1.807, 2.05) is 0 Å². The number of halogens is 3. The zero-order valence-electron chi connectivity index (χ0n) is 16.2. The van der Waals surface area contributed by atoms with Gasteiger partial charge in [0.25, 0.3) is 5.56 Å². The van der Waals surface area contributed by atoms with Gasteiger partial charge in [-0.15, -0.1) is 13.2 Å². The smallest absolute Gasteiger partial charge is 0.478 e. The van der Waals surface area contributed by atoms with Crippen LogP contribution in [0.2, 0.25) is 25.7 Å². The first kappa shape index (κ1) is 22.7. The van der Waals surface area contributed by atoms with Crippen LogP contribution >= 0.6 is 0 Å². The molecule has 158 valence electrons. The van der Waals surface area contributed by atoms with Gasteiger partial charge in [-0.2, -0.15) is 0 Å². The summed E-state index contributed by atoms with van der Waals surface area (Å²) in [4.78, 5) is 24.2. The fourth-order valence-corrected chi connectivity index (χ4v) is 3.19. The van der Waals surface area contributed by atoms with Gasteiger partial charge in [-0.3, -0.25) is 9.36 Å².